The van der Waals surface area contributed by atoms with Gasteiger partial charge in [0.1, 0.15) is 24.4 Å². The van der Waals surface area contributed by atoms with Crippen LogP contribution in [0, 0.1) is 44.3 Å². The van der Waals surface area contributed by atoms with Gasteiger partial charge in [0, 0.05) is 5.41 Å². The number of aliphatic hydroxyl groups is 6. The molecule has 46 heavy (non-hydrogen) atoms. The summed E-state index contributed by atoms with van der Waals surface area (Å²) >= 11 is 0. The largest absolute Gasteiger partial charge is 0.481 e. The van der Waals surface area contributed by atoms with Crippen molar-refractivity contribution in [2.75, 3.05) is 13.2 Å². The minimum atomic E-state index is -1.53. The maximum absolute atomic E-state index is 12.7. The minimum Gasteiger partial charge on any atom is -0.481 e. The summed E-state index contributed by atoms with van der Waals surface area (Å²) in [6, 6.07) is 0. The molecule has 7 N–H and O–H groups in total. The number of rotatable bonds is 5. The van der Waals surface area contributed by atoms with Gasteiger partial charge in [0.25, 0.3) is 0 Å². The zero-order valence-corrected chi connectivity index (χ0v) is 28.5. The number of ether oxygens (including phenoxy) is 2. The Kier molecular flexibility index (Phi) is 8.46. The molecule has 1 saturated heterocycles. The quantitative estimate of drug-likeness (QED) is 0.219. The van der Waals surface area contributed by atoms with Crippen LogP contribution in [0.4, 0.5) is 0 Å². The van der Waals surface area contributed by atoms with Crippen LogP contribution in [0.5, 0.6) is 0 Å². The summed E-state index contributed by atoms with van der Waals surface area (Å²) in [4.78, 5) is 12.7. The van der Waals surface area contributed by atoms with Crippen LogP contribution in [-0.4, -0.2) is 97.8 Å². The van der Waals surface area contributed by atoms with Crippen molar-refractivity contribution in [3.8, 4) is 0 Å². The molecule has 0 aromatic heterocycles. The lowest BCUT2D eigenvalue weighted by Crippen LogP contribution is -2.66. The van der Waals surface area contributed by atoms with E-state index < -0.39 is 66.3 Å². The maximum Gasteiger partial charge on any atom is 0.312 e. The van der Waals surface area contributed by atoms with E-state index in [2.05, 4.69) is 27.7 Å². The third-order valence-electron chi connectivity index (χ3n) is 15.5. The van der Waals surface area contributed by atoms with Gasteiger partial charge in [-0.15, -0.1) is 0 Å². The summed E-state index contributed by atoms with van der Waals surface area (Å²) < 4.78 is 12.1. The molecule has 15 atom stereocenters. The molecule has 0 amide bonds. The molecule has 0 radical (unpaired) electrons. The summed E-state index contributed by atoms with van der Waals surface area (Å²) in [5, 5.41) is 73.3. The van der Waals surface area contributed by atoms with Crippen LogP contribution in [0.2, 0.25) is 0 Å². The lowest BCUT2D eigenvalue weighted by molar-refractivity contribution is -0.324. The highest BCUT2D eigenvalue weighted by atomic mass is 16.7. The molecule has 10 heteroatoms. The predicted octanol–water partition coefficient (Wildman–Crippen LogP) is 3.15. The van der Waals surface area contributed by atoms with Gasteiger partial charge in [0.2, 0.25) is 0 Å². The number of allylic oxidation sites excluding steroid dienone is 2. The molecule has 15 unspecified atom stereocenters. The molecule has 0 spiro atoms. The molecule has 0 bridgehead atoms. The number of hydrogen-bond donors (Lipinski definition) is 7. The molecule has 1 heterocycles. The van der Waals surface area contributed by atoms with Crippen LogP contribution < -0.4 is 0 Å². The fraction of sp³-hybridized carbons (Fsp3) is 0.917. The van der Waals surface area contributed by atoms with Gasteiger partial charge in [-0.3, -0.25) is 4.79 Å². The Morgan fingerprint density at radius 3 is 2.17 bits per heavy atom. The number of carbonyl (C=O) groups is 1. The Morgan fingerprint density at radius 1 is 0.848 bits per heavy atom. The van der Waals surface area contributed by atoms with Gasteiger partial charge in [-0.05, 0) is 105 Å². The lowest BCUT2D eigenvalue weighted by Gasteiger charge is -2.70. The first-order valence-electron chi connectivity index (χ1n) is 17.6. The van der Waals surface area contributed by atoms with Crippen molar-refractivity contribution in [3.63, 3.8) is 0 Å². The van der Waals surface area contributed by atoms with Crippen molar-refractivity contribution in [2.24, 2.45) is 44.3 Å². The average Bonchev–Trinajstić information content (AvgIpc) is 3.00. The topological polar surface area (TPSA) is 177 Å². The summed E-state index contributed by atoms with van der Waals surface area (Å²) in [5.74, 6) is -0.638. The van der Waals surface area contributed by atoms with Crippen LogP contribution in [0.3, 0.4) is 0 Å². The number of aliphatic carboxylic acids is 1. The van der Waals surface area contributed by atoms with Crippen molar-refractivity contribution in [1.29, 1.82) is 0 Å². The van der Waals surface area contributed by atoms with Crippen molar-refractivity contribution < 1.29 is 50.0 Å². The number of carboxylic acid groups (broad SMARTS) is 1. The average molecular weight is 651 g/mol. The minimum absolute atomic E-state index is 0.0405. The summed E-state index contributed by atoms with van der Waals surface area (Å²) in [6.07, 6.45) is -0.0887. The van der Waals surface area contributed by atoms with Crippen LogP contribution in [0.15, 0.2) is 11.1 Å². The van der Waals surface area contributed by atoms with E-state index in [0.29, 0.717) is 25.2 Å². The monoisotopic (exact) mass is 650 g/mol. The van der Waals surface area contributed by atoms with E-state index in [1.807, 2.05) is 6.92 Å². The highest BCUT2D eigenvalue weighted by Crippen LogP contribution is 2.75. The summed E-state index contributed by atoms with van der Waals surface area (Å²) in [5.41, 5.74) is 0.526. The smallest absolute Gasteiger partial charge is 0.312 e. The van der Waals surface area contributed by atoms with E-state index in [4.69, 9.17) is 9.47 Å². The van der Waals surface area contributed by atoms with Gasteiger partial charge in [0.15, 0.2) is 6.29 Å². The van der Waals surface area contributed by atoms with Crippen LogP contribution >= 0.6 is 0 Å². The molecular weight excluding hydrogens is 592 g/mol. The second-order valence-electron chi connectivity index (χ2n) is 17.6. The molecule has 262 valence electrons. The van der Waals surface area contributed by atoms with Gasteiger partial charge >= 0.3 is 5.97 Å². The van der Waals surface area contributed by atoms with Gasteiger partial charge in [-0.25, -0.2) is 0 Å². The van der Waals surface area contributed by atoms with E-state index in [9.17, 15) is 40.5 Å². The Morgan fingerprint density at radius 2 is 1.54 bits per heavy atom. The van der Waals surface area contributed by atoms with Gasteiger partial charge in [0.05, 0.1) is 30.8 Å². The number of hydrogen-bond acceptors (Lipinski definition) is 9. The Bertz CT molecular complexity index is 1250. The SMILES string of the molecule is CC12CCC3(C)C(=C1CC(C)(CO)C(OC1OC(CO)C(O)C(O)C1O)C2)CCC1C2(C)CCC(O)C(C)(C(=O)O)C2CCC13C. The van der Waals surface area contributed by atoms with Gasteiger partial charge in [-0.1, -0.05) is 45.8 Å². The van der Waals surface area contributed by atoms with Crippen LogP contribution in [-0.2, 0) is 14.3 Å². The highest BCUT2D eigenvalue weighted by Gasteiger charge is 2.69. The molecule has 6 rings (SSSR count). The van der Waals surface area contributed by atoms with Crippen molar-refractivity contribution in [2.45, 2.75) is 149 Å². The van der Waals surface area contributed by atoms with Gasteiger partial charge in [-0.2, -0.15) is 0 Å². The second-order valence-corrected chi connectivity index (χ2v) is 17.6. The van der Waals surface area contributed by atoms with E-state index in [0.717, 1.165) is 44.9 Å². The molecule has 4 saturated carbocycles. The lowest BCUT2D eigenvalue weighted by atomic mass is 9.34. The molecule has 5 fully saturated rings. The molecule has 1 aliphatic heterocycles. The second kappa shape index (κ2) is 11.2. The Labute approximate surface area is 273 Å². The van der Waals surface area contributed by atoms with Crippen molar-refractivity contribution in [3.05, 3.63) is 11.1 Å². The number of aliphatic hydroxyl groups excluding tert-OH is 6. The first-order chi connectivity index (χ1) is 21.4. The van der Waals surface area contributed by atoms with E-state index in [-0.39, 0.29) is 34.2 Å². The number of fused-ring (bicyclic) bond motifs is 6. The molecule has 5 aliphatic carbocycles. The maximum atomic E-state index is 12.7. The Balaban J connectivity index is 1.33. The number of carboxylic acids is 1. The normalized spacial score (nSPS) is 55.5. The first kappa shape index (κ1) is 34.7. The third kappa shape index (κ3) is 4.53. The van der Waals surface area contributed by atoms with Crippen LogP contribution in [0.1, 0.15) is 106 Å². The summed E-state index contributed by atoms with van der Waals surface area (Å²) in [6.45, 7) is 12.6. The first-order valence-corrected chi connectivity index (χ1v) is 17.6. The molecule has 10 nitrogen and oxygen atoms in total. The fourth-order valence-electron chi connectivity index (χ4n) is 12.1. The molecule has 6 aliphatic rings. The van der Waals surface area contributed by atoms with Crippen molar-refractivity contribution in [1.82, 2.24) is 0 Å². The predicted molar refractivity (Wildman–Crippen MR) is 168 cm³/mol. The molecule has 0 aromatic rings. The van der Waals surface area contributed by atoms with Crippen LogP contribution in [0.25, 0.3) is 0 Å². The molecular formula is C36H58O10. The fourth-order valence-corrected chi connectivity index (χ4v) is 12.1. The standard InChI is InChI=1S/C36H58O10/c1-31-13-14-34(4)19(7-8-22-33(3)11-10-24(39)36(6,30(43)44)23(33)9-12-35(22,34)5)20(31)15-32(2,18-38)25(16-31)46-29-28(42)27(41)26(40)21(17-37)45-29/h21-29,37-42H,7-18H2,1-6H3,(H,43,44). The molecule has 0 aromatic carbocycles. The Hall–Kier alpha value is -1.11. The van der Waals surface area contributed by atoms with Crippen molar-refractivity contribution >= 4 is 5.97 Å². The van der Waals surface area contributed by atoms with E-state index in [1.54, 1.807) is 6.92 Å². The summed E-state index contributed by atoms with van der Waals surface area (Å²) in [7, 11) is 0. The third-order valence-corrected chi connectivity index (χ3v) is 15.5. The van der Waals surface area contributed by atoms with Gasteiger partial charge < -0.3 is 45.2 Å². The van der Waals surface area contributed by atoms with E-state index in [1.165, 1.54) is 11.1 Å². The zero-order valence-electron chi connectivity index (χ0n) is 28.5. The zero-order chi connectivity index (χ0) is 33.8. The van der Waals surface area contributed by atoms with E-state index >= 15 is 0 Å². The highest BCUT2D eigenvalue weighted by molar-refractivity contribution is 5.76.